The minimum absolute atomic E-state index is 0.301. The van der Waals surface area contributed by atoms with Gasteiger partial charge in [0.05, 0.1) is 6.61 Å². The Morgan fingerprint density at radius 2 is 2.29 bits per heavy atom. The molecule has 0 aromatic heterocycles. The summed E-state index contributed by atoms with van der Waals surface area (Å²) in [5.74, 6) is 2.80. The summed E-state index contributed by atoms with van der Waals surface area (Å²) in [5.41, 5.74) is 0. The van der Waals surface area contributed by atoms with Crippen molar-refractivity contribution in [2.75, 3.05) is 6.61 Å². The Balaban J connectivity index is 1.74. The van der Waals surface area contributed by atoms with Gasteiger partial charge in [-0.15, -0.1) is 0 Å². The van der Waals surface area contributed by atoms with E-state index in [4.69, 9.17) is 4.74 Å². The molecule has 0 aromatic carbocycles. The van der Waals surface area contributed by atoms with Crippen LogP contribution in [-0.2, 0) is 9.53 Å². The molecule has 0 spiro atoms. The van der Waals surface area contributed by atoms with E-state index in [2.05, 4.69) is 0 Å². The number of fused-ring (bicyclic) bond motifs is 2. The van der Waals surface area contributed by atoms with Gasteiger partial charge in [-0.3, -0.25) is 4.79 Å². The largest absolute Gasteiger partial charge is 0.490 e. The van der Waals surface area contributed by atoms with Gasteiger partial charge in [0.25, 0.3) is 0 Å². The summed E-state index contributed by atoms with van der Waals surface area (Å²) >= 11 is 0. The lowest BCUT2D eigenvalue weighted by molar-refractivity contribution is -0.123. The molecular weight excluding hydrogens is 176 g/mol. The molecule has 0 N–H and O–H groups in total. The fourth-order valence-electron chi connectivity index (χ4n) is 3.34. The number of rotatable bonds is 2. The second-order valence-corrected chi connectivity index (χ2v) is 4.85. The highest BCUT2D eigenvalue weighted by Crippen LogP contribution is 2.49. The maximum Gasteiger partial charge on any atom is 0.200 e. The molecule has 76 valence electrons. The Kier molecular flexibility index (Phi) is 1.89. The van der Waals surface area contributed by atoms with Crippen LogP contribution in [0.4, 0.5) is 0 Å². The van der Waals surface area contributed by atoms with Gasteiger partial charge < -0.3 is 4.74 Å². The number of Topliss-reactive ketones (excluding diaryl/α,β-unsaturated/α-hetero) is 1. The van der Waals surface area contributed by atoms with Crippen LogP contribution in [0.25, 0.3) is 0 Å². The molecule has 0 amide bonds. The molecule has 2 bridgehead atoms. The van der Waals surface area contributed by atoms with E-state index >= 15 is 0 Å². The average molecular weight is 192 g/mol. The highest BCUT2D eigenvalue weighted by molar-refractivity contribution is 5.96. The summed E-state index contributed by atoms with van der Waals surface area (Å²) in [5, 5.41) is 0. The first-order valence-electron chi connectivity index (χ1n) is 5.72. The molecule has 3 aliphatic rings. The van der Waals surface area contributed by atoms with Crippen molar-refractivity contribution in [2.24, 2.45) is 17.8 Å². The topological polar surface area (TPSA) is 26.3 Å². The third-order valence-electron chi connectivity index (χ3n) is 4.02. The number of ether oxygens (including phenoxy) is 1. The second kappa shape index (κ2) is 3.11. The number of allylic oxidation sites excluding steroid dienone is 1. The van der Waals surface area contributed by atoms with Crippen LogP contribution in [0.3, 0.4) is 0 Å². The number of carbonyl (C=O) groups excluding carboxylic acids is 1. The van der Waals surface area contributed by atoms with E-state index in [1.54, 1.807) is 0 Å². The van der Waals surface area contributed by atoms with Crippen molar-refractivity contribution >= 4 is 5.78 Å². The molecule has 0 radical (unpaired) electrons. The van der Waals surface area contributed by atoms with E-state index in [9.17, 15) is 4.79 Å². The predicted octanol–water partition coefficient (Wildman–Crippen LogP) is 2.30. The first-order chi connectivity index (χ1) is 6.84. The van der Waals surface area contributed by atoms with Crippen molar-refractivity contribution in [1.29, 1.82) is 0 Å². The third kappa shape index (κ3) is 1.20. The Hall–Kier alpha value is -0.790. The standard InChI is InChI=1S/C12H16O2/c13-12(11-2-1-5-14-11)10-7-8-3-4-9(10)6-8/h2,8-10H,1,3-7H2. The number of ketones is 1. The molecule has 1 aliphatic heterocycles. The Morgan fingerprint density at radius 3 is 2.86 bits per heavy atom. The molecule has 1 heterocycles. The lowest BCUT2D eigenvalue weighted by atomic mass is 9.85. The van der Waals surface area contributed by atoms with Crippen molar-refractivity contribution in [3.63, 3.8) is 0 Å². The number of hydrogen-bond acceptors (Lipinski definition) is 2. The van der Waals surface area contributed by atoms with Gasteiger partial charge in [0.15, 0.2) is 11.5 Å². The number of carbonyl (C=O) groups is 1. The SMILES string of the molecule is O=C(C1=CCCO1)C1CC2CCC1C2. The Bertz CT molecular complexity index is 293. The first-order valence-corrected chi connectivity index (χ1v) is 5.72. The van der Waals surface area contributed by atoms with Crippen molar-refractivity contribution in [3.05, 3.63) is 11.8 Å². The molecule has 3 rings (SSSR count). The van der Waals surface area contributed by atoms with Crippen LogP contribution in [-0.4, -0.2) is 12.4 Å². The van der Waals surface area contributed by atoms with Crippen molar-refractivity contribution in [1.82, 2.24) is 0 Å². The molecule has 2 aliphatic carbocycles. The minimum atomic E-state index is 0.301. The monoisotopic (exact) mass is 192 g/mol. The Labute approximate surface area is 84.3 Å². The van der Waals surface area contributed by atoms with Gasteiger partial charge in [0.1, 0.15) is 0 Å². The van der Waals surface area contributed by atoms with Gasteiger partial charge in [0.2, 0.25) is 0 Å². The minimum Gasteiger partial charge on any atom is -0.490 e. The molecule has 14 heavy (non-hydrogen) atoms. The van der Waals surface area contributed by atoms with E-state index in [-0.39, 0.29) is 0 Å². The fourth-order valence-corrected chi connectivity index (χ4v) is 3.34. The van der Waals surface area contributed by atoms with Crippen LogP contribution < -0.4 is 0 Å². The smallest absolute Gasteiger partial charge is 0.200 e. The zero-order valence-corrected chi connectivity index (χ0v) is 8.37. The van der Waals surface area contributed by atoms with E-state index in [0.29, 0.717) is 30.0 Å². The van der Waals surface area contributed by atoms with Crippen LogP contribution in [0.15, 0.2) is 11.8 Å². The zero-order chi connectivity index (χ0) is 9.54. The molecule has 2 heteroatoms. The highest BCUT2D eigenvalue weighted by Gasteiger charge is 2.44. The third-order valence-corrected chi connectivity index (χ3v) is 4.02. The van der Waals surface area contributed by atoms with Crippen molar-refractivity contribution in [3.8, 4) is 0 Å². The first kappa shape index (κ1) is 8.51. The van der Waals surface area contributed by atoms with Crippen LogP contribution in [0.2, 0.25) is 0 Å². The summed E-state index contributed by atoms with van der Waals surface area (Å²) in [6, 6.07) is 0. The molecule has 3 unspecified atom stereocenters. The molecule has 2 nitrogen and oxygen atoms in total. The molecule has 0 aromatic rings. The van der Waals surface area contributed by atoms with Crippen LogP contribution >= 0.6 is 0 Å². The Morgan fingerprint density at radius 1 is 1.36 bits per heavy atom. The summed E-state index contributed by atoms with van der Waals surface area (Å²) in [6.07, 6.45) is 7.94. The van der Waals surface area contributed by atoms with Crippen molar-refractivity contribution < 1.29 is 9.53 Å². The number of hydrogen-bond donors (Lipinski definition) is 0. The van der Waals surface area contributed by atoms with E-state index in [0.717, 1.165) is 18.8 Å². The van der Waals surface area contributed by atoms with Gasteiger partial charge in [0, 0.05) is 12.3 Å². The van der Waals surface area contributed by atoms with Gasteiger partial charge in [-0.1, -0.05) is 6.42 Å². The van der Waals surface area contributed by atoms with Crippen LogP contribution in [0.1, 0.15) is 32.1 Å². The molecular formula is C12H16O2. The van der Waals surface area contributed by atoms with Gasteiger partial charge in [-0.05, 0) is 37.2 Å². The van der Waals surface area contributed by atoms with Gasteiger partial charge >= 0.3 is 0 Å². The van der Waals surface area contributed by atoms with E-state index < -0.39 is 0 Å². The van der Waals surface area contributed by atoms with Gasteiger partial charge in [-0.2, -0.15) is 0 Å². The van der Waals surface area contributed by atoms with Crippen LogP contribution in [0, 0.1) is 17.8 Å². The van der Waals surface area contributed by atoms with Crippen molar-refractivity contribution in [2.45, 2.75) is 32.1 Å². The molecule has 0 saturated heterocycles. The summed E-state index contributed by atoms with van der Waals surface area (Å²) in [6.45, 7) is 0.710. The maximum atomic E-state index is 12.0. The lowest BCUT2D eigenvalue weighted by Gasteiger charge is -2.20. The van der Waals surface area contributed by atoms with Crippen LogP contribution in [0.5, 0.6) is 0 Å². The zero-order valence-electron chi connectivity index (χ0n) is 8.37. The van der Waals surface area contributed by atoms with E-state index in [1.807, 2.05) is 6.08 Å². The molecule has 3 atom stereocenters. The molecule has 2 fully saturated rings. The van der Waals surface area contributed by atoms with Gasteiger partial charge in [-0.25, -0.2) is 0 Å². The highest BCUT2D eigenvalue weighted by atomic mass is 16.5. The second-order valence-electron chi connectivity index (χ2n) is 4.85. The maximum absolute atomic E-state index is 12.0. The lowest BCUT2D eigenvalue weighted by Crippen LogP contribution is -2.22. The predicted molar refractivity (Wildman–Crippen MR) is 52.6 cm³/mol. The van der Waals surface area contributed by atoms with E-state index in [1.165, 1.54) is 19.3 Å². The molecule has 2 saturated carbocycles. The normalized spacial score (nSPS) is 39.7. The summed E-state index contributed by atoms with van der Waals surface area (Å²) in [7, 11) is 0. The quantitative estimate of drug-likeness (QED) is 0.671. The summed E-state index contributed by atoms with van der Waals surface area (Å²) in [4.78, 5) is 12.0. The summed E-state index contributed by atoms with van der Waals surface area (Å²) < 4.78 is 5.35. The average Bonchev–Trinajstić information content (AvgIpc) is 2.93. The fraction of sp³-hybridized carbons (Fsp3) is 0.750.